The van der Waals surface area contributed by atoms with Crippen molar-refractivity contribution in [3.63, 3.8) is 0 Å². The Morgan fingerprint density at radius 1 is 1.35 bits per heavy atom. The molecule has 2 N–H and O–H groups in total. The lowest BCUT2D eigenvalue weighted by Crippen LogP contribution is -2.16. The Hall–Kier alpha value is -2.12. The number of thiophene rings is 1. The van der Waals surface area contributed by atoms with E-state index >= 15 is 0 Å². The summed E-state index contributed by atoms with van der Waals surface area (Å²) in [4.78, 5) is 31.7. The average molecular weight is 345 g/mol. The maximum atomic E-state index is 12.1. The summed E-state index contributed by atoms with van der Waals surface area (Å²) in [6.45, 7) is 3.97. The van der Waals surface area contributed by atoms with Crippen LogP contribution < -0.4 is 10.9 Å². The molecule has 7 heteroatoms. The van der Waals surface area contributed by atoms with Crippen LogP contribution in [-0.2, 0) is 4.79 Å². The second kappa shape index (κ2) is 6.55. The first-order chi connectivity index (χ1) is 11.0. The molecule has 0 aliphatic heterocycles. The third-order valence-corrected chi connectivity index (χ3v) is 4.99. The lowest BCUT2D eigenvalue weighted by atomic mass is 10.1. The van der Waals surface area contributed by atoms with Crippen LogP contribution >= 0.6 is 23.1 Å². The zero-order valence-corrected chi connectivity index (χ0v) is 14.3. The number of carbonyl (C=O) groups excluding carboxylic acids is 1. The van der Waals surface area contributed by atoms with Gasteiger partial charge in [-0.25, -0.2) is 4.98 Å². The number of hydrogen-bond donors (Lipinski definition) is 2. The molecule has 0 unspecified atom stereocenters. The van der Waals surface area contributed by atoms with Gasteiger partial charge in [0.1, 0.15) is 4.83 Å². The van der Waals surface area contributed by atoms with E-state index in [0.717, 1.165) is 16.8 Å². The normalized spacial score (nSPS) is 10.9. The Kier molecular flexibility index (Phi) is 4.49. The highest BCUT2D eigenvalue weighted by Crippen LogP contribution is 2.20. The van der Waals surface area contributed by atoms with Crippen LogP contribution in [-0.4, -0.2) is 21.6 Å². The van der Waals surface area contributed by atoms with Gasteiger partial charge in [0, 0.05) is 5.69 Å². The number of carbonyl (C=O) groups is 1. The van der Waals surface area contributed by atoms with Gasteiger partial charge in [0.25, 0.3) is 5.56 Å². The minimum absolute atomic E-state index is 0.129. The van der Waals surface area contributed by atoms with Crippen molar-refractivity contribution >= 4 is 44.9 Å². The summed E-state index contributed by atoms with van der Waals surface area (Å²) < 4.78 is 0. The first-order valence-electron chi connectivity index (χ1n) is 7.00. The number of fused-ring (bicyclic) bond motifs is 1. The van der Waals surface area contributed by atoms with Crippen LogP contribution in [0.3, 0.4) is 0 Å². The largest absolute Gasteiger partial charge is 0.325 e. The van der Waals surface area contributed by atoms with Gasteiger partial charge < -0.3 is 10.3 Å². The molecule has 0 spiro atoms. The van der Waals surface area contributed by atoms with Crippen LogP contribution in [0.2, 0.25) is 0 Å². The number of nitrogens with one attached hydrogen (secondary N) is 2. The van der Waals surface area contributed by atoms with Gasteiger partial charge in [0.15, 0.2) is 5.16 Å². The highest BCUT2D eigenvalue weighted by Gasteiger charge is 2.09. The fraction of sp³-hybridized carbons (Fsp3) is 0.188. The number of anilines is 1. The molecule has 118 valence electrons. The number of amides is 1. The summed E-state index contributed by atoms with van der Waals surface area (Å²) in [5, 5.41) is 5.75. The summed E-state index contributed by atoms with van der Waals surface area (Å²) in [5.74, 6) is 0.0588. The number of nitrogens with zero attached hydrogens (tertiary/aromatic N) is 1. The van der Waals surface area contributed by atoms with Crippen molar-refractivity contribution in [2.75, 3.05) is 11.1 Å². The topological polar surface area (TPSA) is 74.8 Å². The molecular formula is C16H15N3O2S2. The lowest BCUT2D eigenvalue weighted by molar-refractivity contribution is -0.113. The molecule has 1 amide bonds. The van der Waals surface area contributed by atoms with Gasteiger partial charge in [-0.2, -0.15) is 0 Å². The number of hydrogen-bond acceptors (Lipinski definition) is 5. The van der Waals surface area contributed by atoms with E-state index in [1.807, 2.05) is 37.4 Å². The molecule has 3 aromatic rings. The van der Waals surface area contributed by atoms with Crippen LogP contribution in [0.15, 0.2) is 39.6 Å². The highest BCUT2D eigenvalue weighted by molar-refractivity contribution is 7.99. The van der Waals surface area contributed by atoms with Crippen molar-refractivity contribution in [3.8, 4) is 0 Å². The first-order valence-corrected chi connectivity index (χ1v) is 8.87. The molecule has 5 nitrogen and oxygen atoms in total. The van der Waals surface area contributed by atoms with E-state index in [9.17, 15) is 9.59 Å². The summed E-state index contributed by atoms with van der Waals surface area (Å²) in [5.41, 5.74) is 2.81. The van der Waals surface area contributed by atoms with E-state index in [1.54, 1.807) is 6.07 Å². The van der Waals surface area contributed by atoms with Crippen molar-refractivity contribution in [3.05, 3.63) is 51.1 Å². The third kappa shape index (κ3) is 3.62. The lowest BCUT2D eigenvalue weighted by Gasteiger charge is -2.08. The smallest absolute Gasteiger partial charge is 0.260 e. The maximum Gasteiger partial charge on any atom is 0.260 e. The molecule has 0 aliphatic rings. The predicted molar refractivity (Wildman–Crippen MR) is 95.5 cm³/mol. The second-order valence-corrected chi connectivity index (χ2v) is 7.02. The molecule has 0 aliphatic carbocycles. The third-order valence-electron chi connectivity index (χ3n) is 3.31. The Morgan fingerprint density at radius 2 is 2.17 bits per heavy atom. The summed E-state index contributed by atoms with van der Waals surface area (Å²) >= 11 is 2.63. The Bertz CT molecular complexity index is 930. The van der Waals surface area contributed by atoms with Crippen LogP contribution in [0.1, 0.15) is 11.1 Å². The fourth-order valence-corrected chi connectivity index (χ4v) is 3.67. The number of rotatable bonds is 4. The molecule has 0 radical (unpaired) electrons. The SMILES string of the molecule is Cc1ccc(NC(=O)CSc2nc3sccc3c(=O)[nH]2)c(C)c1. The zero-order valence-electron chi connectivity index (χ0n) is 12.7. The number of benzene rings is 1. The van der Waals surface area contributed by atoms with Crippen LogP contribution in [0.4, 0.5) is 5.69 Å². The molecule has 0 atom stereocenters. The molecule has 0 bridgehead atoms. The minimum Gasteiger partial charge on any atom is -0.325 e. The molecule has 23 heavy (non-hydrogen) atoms. The maximum absolute atomic E-state index is 12.1. The molecule has 0 saturated carbocycles. The van der Waals surface area contributed by atoms with Gasteiger partial charge in [-0.1, -0.05) is 29.5 Å². The second-order valence-electron chi connectivity index (χ2n) is 5.17. The van der Waals surface area contributed by atoms with Gasteiger partial charge in [-0.15, -0.1) is 11.3 Å². The quantitative estimate of drug-likeness (QED) is 0.562. The van der Waals surface area contributed by atoms with Crippen molar-refractivity contribution in [1.82, 2.24) is 9.97 Å². The van der Waals surface area contributed by atoms with Crippen molar-refractivity contribution in [2.45, 2.75) is 19.0 Å². The van der Waals surface area contributed by atoms with Gasteiger partial charge >= 0.3 is 0 Å². The van der Waals surface area contributed by atoms with Gasteiger partial charge in [0.05, 0.1) is 11.1 Å². The van der Waals surface area contributed by atoms with Crippen molar-refractivity contribution in [2.24, 2.45) is 0 Å². The number of aromatic nitrogens is 2. The van der Waals surface area contributed by atoms with Gasteiger partial charge in [-0.3, -0.25) is 9.59 Å². The highest BCUT2D eigenvalue weighted by atomic mass is 32.2. The predicted octanol–water partition coefficient (Wildman–Crippen LogP) is 3.33. The zero-order chi connectivity index (χ0) is 16.4. The number of H-pyrrole nitrogens is 1. The summed E-state index contributed by atoms with van der Waals surface area (Å²) in [7, 11) is 0. The molecule has 0 fully saturated rings. The molecule has 2 heterocycles. The average Bonchev–Trinajstić information content (AvgIpc) is 2.97. The van der Waals surface area contributed by atoms with Crippen molar-refractivity contribution in [1.29, 1.82) is 0 Å². The summed E-state index contributed by atoms with van der Waals surface area (Å²) in [6.07, 6.45) is 0. The van der Waals surface area contributed by atoms with E-state index in [-0.39, 0.29) is 17.2 Å². The van der Waals surface area contributed by atoms with E-state index in [0.29, 0.717) is 15.4 Å². The molecule has 1 aromatic carbocycles. The van der Waals surface area contributed by atoms with E-state index < -0.39 is 0 Å². The van der Waals surface area contributed by atoms with Crippen molar-refractivity contribution < 1.29 is 4.79 Å². The van der Waals surface area contributed by atoms with E-state index in [1.165, 1.54) is 23.1 Å². The first kappa shape index (κ1) is 15.8. The monoisotopic (exact) mass is 345 g/mol. The fourth-order valence-electron chi connectivity index (χ4n) is 2.19. The van der Waals surface area contributed by atoms with Gasteiger partial charge in [0.2, 0.25) is 5.91 Å². The Labute approximate surface area is 141 Å². The Balaban J connectivity index is 1.67. The molecule has 3 rings (SSSR count). The molecule has 2 aromatic heterocycles. The van der Waals surface area contributed by atoms with E-state index in [2.05, 4.69) is 15.3 Å². The standard InChI is InChI=1S/C16H15N3O2S2/c1-9-3-4-12(10(2)7-9)17-13(20)8-23-16-18-14(21)11-5-6-22-15(11)19-16/h3-7H,8H2,1-2H3,(H,17,20)(H,18,19,21). The summed E-state index contributed by atoms with van der Waals surface area (Å²) in [6, 6.07) is 7.62. The number of aryl methyl sites for hydroxylation is 2. The number of thioether (sulfide) groups is 1. The number of aromatic amines is 1. The molecular weight excluding hydrogens is 330 g/mol. The minimum atomic E-state index is -0.173. The van der Waals surface area contributed by atoms with Crippen LogP contribution in [0, 0.1) is 13.8 Å². The van der Waals surface area contributed by atoms with Gasteiger partial charge in [-0.05, 0) is 36.9 Å². The van der Waals surface area contributed by atoms with E-state index in [4.69, 9.17) is 0 Å². The van der Waals surface area contributed by atoms with Crippen LogP contribution in [0.25, 0.3) is 10.2 Å². The Morgan fingerprint density at radius 3 is 2.96 bits per heavy atom. The molecule has 0 saturated heterocycles. The van der Waals surface area contributed by atoms with Crippen LogP contribution in [0.5, 0.6) is 0 Å².